The Balaban J connectivity index is 1.35. The molecule has 2 aliphatic carbocycles. The van der Waals surface area contributed by atoms with Crippen molar-refractivity contribution in [3.8, 4) is 0 Å². The van der Waals surface area contributed by atoms with Gasteiger partial charge in [-0.2, -0.15) is 0 Å². The summed E-state index contributed by atoms with van der Waals surface area (Å²) in [5.74, 6) is 4.50. The van der Waals surface area contributed by atoms with E-state index >= 15 is 0 Å². The summed E-state index contributed by atoms with van der Waals surface area (Å²) in [4.78, 5) is 0. The van der Waals surface area contributed by atoms with Gasteiger partial charge in [0.1, 0.15) is 0 Å². The van der Waals surface area contributed by atoms with Gasteiger partial charge in [0.15, 0.2) is 0 Å². The Hall–Kier alpha value is -0.560. The van der Waals surface area contributed by atoms with Crippen LogP contribution in [0.2, 0.25) is 0 Å². The smallest absolute Gasteiger partial charge is 0.0753 e. The molecule has 142 valence electrons. The molecule has 0 spiro atoms. The van der Waals surface area contributed by atoms with Gasteiger partial charge >= 0.3 is 0 Å². The van der Waals surface area contributed by atoms with Gasteiger partial charge in [-0.3, -0.25) is 0 Å². The Bertz CT molecular complexity index is 402. The Morgan fingerprint density at radius 1 is 0.800 bits per heavy atom. The summed E-state index contributed by atoms with van der Waals surface area (Å²) in [6, 6.07) is 0. The third-order valence-electron chi connectivity index (χ3n) is 7.34. The molecule has 1 nitrogen and oxygen atoms in total. The van der Waals surface area contributed by atoms with Gasteiger partial charge in [0.05, 0.1) is 12.7 Å². The van der Waals surface area contributed by atoms with Crippen LogP contribution < -0.4 is 0 Å². The monoisotopic (exact) mass is 344 g/mol. The fourth-order valence-electron chi connectivity index (χ4n) is 5.55. The first-order valence-corrected chi connectivity index (χ1v) is 11.2. The van der Waals surface area contributed by atoms with Crippen molar-refractivity contribution < 1.29 is 4.74 Å². The average Bonchev–Trinajstić information content (AvgIpc) is 2.68. The lowest BCUT2D eigenvalue weighted by molar-refractivity contribution is -0.0153. The van der Waals surface area contributed by atoms with Crippen LogP contribution in [0.15, 0.2) is 24.8 Å². The summed E-state index contributed by atoms with van der Waals surface area (Å²) in [6.07, 6.45) is 24.4. The summed E-state index contributed by atoms with van der Waals surface area (Å²) in [5, 5.41) is 0. The highest BCUT2D eigenvalue weighted by Crippen LogP contribution is 2.39. The molecule has 1 heteroatoms. The van der Waals surface area contributed by atoms with Crippen LogP contribution in [0.25, 0.3) is 0 Å². The molecule has 0 amide bonds. The maximum atomic E-state index is 5.94. The predicted molar refractivity (Wildman–Crippen MR) is 108 cm³/mol. The number of hydrogen-bond acceptors (Lipinski definition) is 1. The highest BCUT2D eigenvalue weighted by Gasteiger charge is 2.30. The maximum absolute atomic E-state index is 5.94. The van der Waals surface area contributed by atoms with Crippen LogP contribution in [0.3, 0.4) is 0 Å². The lowest BCUT2D eigenvalue weighted by Crippen LogP contribution is -2.31. The molecule has 2 saturated carbocycles. The fourth-order valence-corrected chi connectivity index (χ4v) is 5.55. The molecule has 0 aromatic heterocycles. The molecule has 0 N–H and O–H groups in total. The Morgan fingerprint density at radius 3 is 1.92 bits per heavy atom. The summed E-state index contributed by atoms with van der Waals surface area (Å²) < 4.78 is 5.94. The van der Waals surface area contributed by atoms with E-state index in [0.717, 1.165) is 36.2 Å². The van der Waals surface area contributed by atoms with Gasteiger partial charge < -0.3 is 4.74 Å². The minimum Gasteiger partial charge on any atom is -0.374 e. The van der Waals surface area contributed by atoms with Crippen LogP contribution in [0.4, 0.5) is 0 Å². The first-order chi connectivity index (χ1) is 12.3. The van der Waals surface area contributed by atoms with E-state index in [4.69, 9.17) is 4.74 Å². The lowest BCUT2D eigenvalue weighted by atomic mass is 9.73. The first kappa shape index (κ1) is 19.2. The van der Waals surface area contributed by atoms with Crippen LogP contribution in [-0.4, -0.2) is 12.7 Å². The number of rotatable bonds is 6. The lowest BCUT2D eigenvalue weighted by Gasteiger charge is -2.37. The van der Waals surface area contributed by atoms with Gasteiger partial charge in [0.25, 0.3) is 0 Å². The first-order valence-electron chi connectivity index (χ1n) is 11.2. The number of allylic oxidation sites excluding steroid dienone is 2. The standard InChI is InChI=1S/C24H40O/c1-3-5-19-6-8-20(9-7-19)10-11-21-12-14-22(15-13-21)23-16-17-24(4-2)25-18-23/h4,10-11,19-24H,2-3,5-9,12-18H2,1H3/b11-10+. The molecule has 0 aromatic rings. The van der Waals surface area contributed by atoms with Crippen LogP contribution in [0, 0.1) is 29.6 Å². The molecule has 25 heavy (non-hydrogen) atoms. The molecule has 2 unspecified atom stereocenters. The minimum absolute atomic E-state index is 0.322. The molecule has 1 aliphatic heterocycles. The normalized spacial score (nSPS) is 40.2. The SMILES string of the molecule is C=CC1CCC(C2CCC(/C=C/C3CCC(CCC)CC3)CC2)CO1. The second-order valence-electron chi connectivity index (χ2n) is 9.07. The van der Waals surface area contributed by atoms with E-state index in [1.54, 1.807) is 0 Å². The van der Waals surface area contributed by atoms with Crippen LogP contribution in [0.5, 0.6) is 0 Å². The third-order valence-corrected chi connectivity index (χ3v) is 7.34. The number of hydrogen-bond donors (Lipinski definition) is 0. The van der Waals surface area contributed by atoms with Crippen molar-refractivity contribution in [2.75, 3.05) is 6.61 Å². The van der Waals surface area contributed by atoms with E-state index < -0.39 is 0 Å². The van der Waals surface area contributed by atoms with E-state index in [1.165, 1.54) is 77.0 Å². The van der Waals surface area contributed by atoms with Gasteiger partial charge in [0, 0.05) is 0 Å². The predicted octanol–water partition coefficient (Wildman–Crippen LogP) is 6.94. The van der Waals surface area contributed by atoms with Crippen molar-refractivity contribution in [3.63, 3.8) is 0 Å². The maximum Gasteiger partial charge on any atom is 0.0753 e. The van der Waals surface area contributed by atoms with Gasteiger partial charge in [-0.05, 0) is 93.8 Å². The summed E-state index contributed by atoms with van der Waals surface area (Å²) in [7, 11) is 0. The van der Waals surface area contributed by atoms with Crippen molar-refractivity contribution in [2.24, 2.45) is 29.6 Å². The quantitative estimate of drug-likeness (QED) is 0.474. The molecule has 3 fully saturated rings. The topological polar surface area (TPSA) is 9.23 Å². The van der Waals surface area contributed by atoms with Gasteiger partial charge in [-0.15, -0.1) is 6.58 Å². The molecule has 0 radical (unpaired) electrons. The van der Waals surface area contributed by atoms with E-state index in [9.17, 15) is 0 Å². The molecule has 0 bridgehead atoms. The van der Waals surface area contributed by atoms with E-state index in [-0.39, 0.29) is 0 Å². The molecule has 1 heterocycles. The van der Waals surface area contributed by atoms with Crippen LogP contribution in [-0.2, 0) is 4.74 Å². The molecule has 0 aromatic carbocycles. The zero-order valence-electron chi connectivity index (χ0n) is 16.5. The fraction of sp³-hybridized carbons (Fsp3) is 0.833. The zero-order chi connectivity index (χ0) is 17.5. The van der Waals surface area contributed by atoms with Gasteiger partial charge in [-0.25, -0.2) is 0 Å². The Morgan fingerprint density at radius 2 is 1.40 bits per heavy atom. The zero-order valence-corrected chi connectivity index (χ0v) is 16.5. The summed E-state index contributed by atoms with van der Waals surface area (Å²) in [5.41, 5.74) is 0. The average molecular weight is 345 g/mol. The molecule has 3 rings (SSSR count). The third kappa shape index (κ3) is 5.71. The van der Waals surface area contributed by atoms with Crippen LogP contribution in [0.1, 0.15) is 84.0 Å². The van der Waals surface area contributed by atoms with Crippen molar-refractivity contribution >= 4 is 0 Å². The molecular weight excluding hydrogens is 304 g/mol. The van der Waals surface area contributed by atoms with E-state index in [0.29, 0.717) is 6.10 Å². The van der Waals surface area contributed by atoms with Crippen molar-refractivity contribution in [2.45, 2.75) is 90.1 Å². The van der Waals surface area contributed by atoms with Crippen LogP contribution >= 0.6 is 0 Å². The Kier molecular flexibility index (Phi) is 7.65. The van der Waals surface area contributed by atoms with Gasteiger partial charge in [0.2, 0.25) is 0 Å². The summed E-state index contributed by atoms with van der Waals surface area (Å²) >= 11 is 0. The molecule has 3 aliphatic rings. The highest BCUT2D eigenvalue weighted by molar-refractivity contribution is 4.97. The minimum atomic E-state index is 0.322. The highest BCUT2D eigenvalue weighted by atomic mass is 16.5. The second kappa shape index (κ2) is 9.95. The van der Waals surface area contributed by atoms with Crippen molar-refractivity contribution in [3.05, 3.63) is 24.8 Å². The number of ether oxygens (including phenoxy) is 1. The second-order valence-corrected chi connectivity index (χ2v) is 9.07. The van der Waals surface area contributed by atoms with Crippen molar-refractivity contribution in [1.29, 1.82) is 0 Å². The van der Waals surface area contributed by atoms with Gasteiger partial charge in [-0.1, -0.05) is 38.0 Å². The largest absolute Gasteiger partial charge is 0.374 e. The Labute approximate surface area is 156 Å². The summed E-state index contributed by atoms with van der Waals surface area (Å²) in [6.45, 7) is 7.18. The molecule has 1 saturated heterocycles. The molecule has 2 atom stereocenters. The van der Waals surface area contributed by atoms with E-state index in [2.05, 4.69) is 25.7 Å². The molecular formula is C24H40O. The van der Waals surface area contributed by atoms with E-state index in [1.807, 2.05) is 6.08 Å². The van der Waals surface area contributed by atoms with Crippen molar-refractivity contribution in [1.82, 2.24) is 0 Å².